The molecule has 2 saturated heterocycles. The maximum absolute atomic E-state index is 12.8. The van der Waals surface area contributed by atoms with E-state index < -0.39 is 25.4 Å². The van der Waals surface area contributed by atoms with Crippen LogP contribution in [0, 0.1) is 46.3 Å². The van der Waals surface area contributed by atoms with E-state index in [1.165, 1.54) is 62.2 Å². The minimum atomic E-state index is -1.15. The summed E-state index contributed by atoms with van der Waals surface area (Å²) in [5.74, 6) is 9.65. The van der Waals surface area contributed by atoms with Gasteiger partial charge in [-0.05, 0) is 0 Å². The third-order valence-corrected chi connectivity index (χ3v) is 21.3. The molecule has 5 rings (SSSR count). The first-order valence-electron chi connectivity index (χ1n) is 14.9. The van der Waals surface area contributed by atoms with Gasteiger partial charge in [0.25, 0.3) is 0 Å². The average molecular weight is 625 g/mol. The van der Waals surface area contributed by atoms with Gasteiger partial charge in [-0.1, -0.05) is 0 Å². The molecular formula is C32H49IO4. The third kappa shape index (κ3) is 4.57. The number of halogens is 1. The topological polar surface area (TPSA) is 52.6 Å². The molecule has 5 aliphatic rings. The molecule has 3 aliphatic carbocycles. The number of hydrogen-bond donors (Lipinski definition) is 0. The molecule has 2 aliphatic heterocycles. The molecule has 0 radical (unpaired) electrons. The van der Waals surface area contributed by atoms with Crippen molar-refractivity contribution in [2.24, 2.45) is 34.5 Å². The zero-order chi connectivity index (χ0) is 26.6. The molecule has 0 aromatic carbocycles. The fraction of sp³-hybridized carbons (Fsp3) is 0.875. The second kappa shape index (κ2) is 10.0. The molecule has 37 heavy (non-hydrogen) atoms. The third-order valence-electron chi connectivity index (χ3n) is 11.7. The van der Waals surface area contributed by atoms with Crippen LogP contribution in [0.25, 0.3) is 0 Å². The SMILES string of the molecule is CC#CC12CCCC1C1CCC3C4(C)CCC(OC(=O)CC(C)(C)OC=O)C(C)C4CCC3(C)I1CC2. The van der Waals surface area contributed by atoms with Crippen LogP contribution in [0.3, 0.4) is 0 Å². The molecule has 0 N–H and O–H groups in total. The van der Waals surface area contributed by atoms with Crippen molar-refractivity contribution in [1.29, 1.82) is 0 Å². The Morgan fingerprint density at radius 3 is 2.57 bits per heavy atom. The summed E-state index contributed by atoms with van der Waals surface area (Å²) in [5.41, 5.74) is -0.0913. The first kappa shape index (κ1) is 27.8. The van der Waals surface area contributed by atoms with E-state index >= 15 is 0 Å². The first-order chi connectivity index (χ1) is 17.5. The number of carbonyl (C=O) groups excluding carboxylic acids is 2. The molecule has 0 bridgehead atoms. The Morgan fingerprint density at radius 1 is 1.05 bits per heavy atom. The molecule has 3 saturated carbocycles. The van der Waals surface area contributed by atoms with Crippen LogP contribution in [-0.2, 0) is 19.1 Å². The van der Waals surface area contributed by atoms with E-state index in [1.54, 1.807) is 13.8 Å². The van der Waals surface area contributed by atoms with Crippen molar-refractivity contribution >= 4 is 32.3 Å². The normalized spacial score (nSPS) is 45.7. The zero-order valence-electron chi connectivity index (χ0n) is 24.0. The summed E-state index contributed by atoms with van der Waals surface area (Å²) in [5, 5.41) is 0. The van der Waals surface area contributed by atoms with Gasteiger partial charge in [0.1, 0.15) is 0 Å². The number of carbonyl (C=O) groups is 2. The number of hydrogen-bond acceptors (Lipinski definition) is 4. The summed E-state index contributed by atoms with van der Waals surface area (Å²) in [7, 11) is 0. The van der Waals surface area contributed by atoms with Gasteiger partial charge in [0.2, 0.25) is 0 Å². The Kier molecular flexibility index (Phi) is 7.51. The second-order valence-electron chi connectivity index (χ2n) is 14.0. The number of fused-ring (bicyclic) bond motifs is 7. The van der Waals surface area contributed by atoms with Gasteiger partial charge in [-0.15, -0.1) is 0 Å². The van der Waals surface area contributed by atoms with Gasteiger partial charge in [-0.2, -0.15) is 0 Å². The number of rotatable bonds is 5. The van der Waals surface area contributed by atoms with Crippen LogP contribution in [0.15, 0.2) is 0 Å². The van der Waals surface area contributed by atoms with E-state index in [0.717, 1.165) is 22.2 Å². The molecule has 5 fully saturated rings. The molecule has 9 atom stereocenters. The maximum atomic E-state index is 12.8. The summed E-state index contributed by atoms with van der Waals surface area (Å²) < 4.78 is 14.3. The van der Waals surface area contributed by atoms with Crippen LogP contribution in [0.1, 0.15) is 112 Å². The van der Waals surface area contributed by atoms with Crippen LogP contribution in [0.2, 0.25) is 0 Å². The van der Waals surface area contributed by atoms with E-state index in [1.807, 2.05) is 0 Å². The first-order valence-corrected chi connectivity index (χ1v) is 18.7. The predicted octanol–water partition coefficient (Wildman–Crippen LogP) is 7.34. The fourth-order valence-electron chi connectivity index (χ4n) is 10.1. The molecule has 0 spiro atoms. The van der Waals surface area contributed by atoms with Gasteiger partial charge in [-0.3, -0.25) is 4.79 Å². The van der Waals surface area contributed by atoms with Crippen LogP contribution in [0.5, 0.6) is 0 Å². The molecule has 208 valence electrons. The van der Waals surface area contributed by atoms with Crippen molar-refractivity contribution in [2.75, 3.05) is 4.43 Å². The van der Waals surface area contributed by atoms with Crippen molar-refractivity contribution in [3.8, 4) is 11.8 Å². The number of ether oxygens (including phenoxy) is 2. The molecular weight excluding hydrogens is 575 g/mol. The van der Waals surface area contributed by atoms with Gasteiger partial charge in [0.05, 0.1) is 0 Å². The van der Waals surface area contributed by atoms with E-state index in [-0.39, 0.29) is 18.5 Å². The van der Waals surface area contributed by atoms with Gasteiger partial charge in [-0.25, -0.2) is 0 Å². The van der Waals surface area contributed by atoms with E-state index in [4.69, 9.17) is 9.47 Å². The van der Waals surface area contributed by atoms with Crippen LogP contribution in [-0.4, -0.2) is 35.9 Å². The number of alkyl halides is 3. The summed E-state index contributed by atoms with van der Waals surface area (Å²) >= 11 is -1.15. The summed E-state index contributed by atoms with van der Waals surface area (Å²) in [6.45, 7) is 13.7. The monoisotopic (exact) mass is 624 g/mol. The molecule has 4 nitrogen and oxygen atoms in total. The van der Waals surface area contributed by atoms with E-state index in [0.29, 0.717) is 32.6 Å². The zero-order valence-corrected chi connectivity index (χ0v) is 26.2. The quantitative estimate of drug-likeness (QED) is 0.106. The molecule has 0 aromatic rings. The summed E-state index contributed by atoms with van der Waals surface area (Å²) in [4.78, 5) is 23.6. The van der Waals surface area contributed by atoms with Gasteiger partial charge < -0.3 is 0 Å². The van der Waals surface area contributed by atoms with Crippen LogP contribution >= 0.6 is 19.8 Å². The van der Waals surface area contributed by atoms with E-state index in [2.05, 4.69) is 39.5 Å². The van der Waals surface area contributed by atoms with Crippen molar-refractivity contribution in [3.05, 3.63) is 0 Å². The van der Waals surface area contributed by atoms with E-state index in [9.17, 15) is 9.59 Å². The Bertz CT molecular complexity index is 966. The standard InChI is InChI=1S/C32H49IO4/c1-7-14-32-15-8-9-24(32)25-10-11-27-30(5)16-13-26(37-28(35)20-29(3,4)36-21-34)22(2)23(30)12-17-31(27,6)33(25)19-18-32/h21-27H,8-13,15-20H2,1-6H3. The Labute approximate surface area is 232 Å². The molecule has 2 heterocycles. The van der Waals surface area contributed by atoms with Crippen molar-refractivity contribution in [2.45, 2.75) is 131 Å². The Morgan fingerprint density at radius 2 is 1.84 bits per heavy atom. The fourth-order valence-corrected chi connectivity index (χ4v) is 21.7. The molecule has 0 aromatic heterocycles. The minimum absolute atomic E-state index is 0.0153. The molecule has 5 heteroatoms. The number of esters is 1. The van der Waals surface area contributed by atoms with Gasteiger partial charge in [0, 0.05) is 0 Å². The Hall–Kier alpha value is -0.770. The van der Waals surface area contributed by atoms with Crippen LogP contribution < -0.4 is 0 Å². The molecule has 0 amide bonds. The van der Waals surface area contributed by atoms with Crippen molar-refractivity contribution < 1.29 is 19.1 Å². The Balaban J connectivity index is 1.31. The van der Waals surface area contributed by atoms with Crippen molar-refractivity contribution in [1.82, 2.24) is 0 Å². The van der Waals surface area contributed by atoms with Crippen molar-refractivity contribution in [3.63, 3.8) is 0 Å². The van der Waals surface area contributed by atoms with Gasteiger partial charge in [0.15, 0.2) is 0 Å². The molecule has 9 unspecified atom stereocenters. The predicted molar refractivity (Wildman–Crippen MR) is 157 cm³/mol. The summed E-state index contributed by atoms with van der Waals surface area (Å²) in [6, 6.07) is 0. The summed E-state index contributed by atoms with van der Waals surface area (Å²) in [6.07, 6.45) is 13.4. The average Bonchev–Trinajstić information content (AvgIpc) is 3.25. The second-order valence-corrected chi connectivity index (χ2v) is 21.4. The van der Waals surface area contributed by atoms with Gasteiger partial charge >= 0.3 is 229 Å². The van der Waals surface area contributed by atoms with Crippen LogP contribution in [0.4, 0.5) is 0 Å².